The van der Waals surface area contributed by atoms with E-state index in [-0.39, 0.29) is 47.2 Å². The molecular weight excluding hydrogens is 1120 g/mol. The molecule has 4 saturated carbocycles. The predicted molar refractivity (Wildman–Crippen MR) is 278 cm³/mol. The Bertz CT molecular complexity index is 2140. The van der Waals surface area contributed by atoms with E-state index in [1.165, 1.54) is 0 Å². The third-order valence-electron chi connectivity index (χ3n) is 21.8. The maximum atomic E-state index is 12.1. The molecule has 6 saturated heterocycles. The summed E-state index contributed by atoms with van der Waals surface area (Å²) in [5, 5.41) is 182. The first-order chi connectivity index (χ1) is 39.8. The van der Waals surface area contributed by atoms with Crippen LogP contribution in [0.1, 0.15) is 91.9 Å². The van der Waals surface area contributed by atoms with E-state index in [2.05, 4.69) is 20.8 Å². The van der Waals surface area contributed by atoms with Crippen molar-refractivity contribution in [3.05, 3.63) is 0 Å². The van der Waals surface area contributed by atoms with Gasteiger partial charge in [0.2, 0.25) is 0 Å². The third kappa shape index (κ3) is 12.1. The van der Waals surface area contributed by atoms with Crippen LogP contribution >= 0.6 is 0 Å². The highest BCUT2D eigenvalue weighted by Crippen LogP contribution is 2.71. The lowest BCUT2D eigenvalue weighted by Gasteiger charge is -2.61. The Morgan fingerprint density at radius 3 is 1.73 bits per heavy atom. The van der Waals surface area contributed by atoms with Gasteiger partial charge in [-0.3, -0.25) is 0 Å². The molecule has 28 nitrogen and oxygen atoms in total. The van der Waals surface area contributed by atoms with Crippen molar-refractivity contribution in [2.75, 3.05) is 39.6 Å². The van der Waals surface area contributed by atoms with Gasteiger partial charge < -0.3 is 139 Å². The fourth-order valence-corrected chi connectivity index (χ4v) is 16.8. The number of hydrogen-bond donors (Lipinski definition) is 17. The molecule has 28 heteroatoms. The molecule has 10 fully saturated rings. The predicted octanol–water partition coefficient (Wildman–Crippen LogP) is -5.49. The molecule has 6 aliphatic heterocycles. The normalized spacial score (nSPS) is 55.4. The highest BCUT2D eigenvalue weighted by molar-refractivity contribution is 5.15. The maximum Gasteiger partial charge on any atom is 0.187 e. The first-order valence-corrected chi connectivity index (χ1v) is 30.3. The van der Waals surface area contributed by atoms with Crippen LogP contribution < -0.4 is 0 Å². The van der Waals surface area contributed by atoms with E-state index < -0.39 is 192 Å². The van der Waals surface area contributed by atoms with Gasteiger partial charge in [-0.25, -0.2) is 0 Å². The van der Waals surface area contributed by atoms with Crippen molar-refractivity contribution in [3.8, 4) is 0 Å². The van der Waals surface area contributed by atoms with Crippen LogP contribution in [-0.4, -0.2) is 292 Å². The smallest absolute Gasteiger partial charge is 0.187 e. The Labute approximate surface area is 487 Å². The van der Waals surface area contributed by atoms with Crippen molar-refractivity contribution in [3.63, 3.8) is 0 Å². The van der Waals surface area contributed by atoms with E-state index in [0.717, 1.165) is 38.5 Å². The standard InChI is InChI=1S/C56H94O28/c1-21(19-74-49-43(70)39(66)36(63)30(15-57)77-49)7-12-56(73)22(2)34-29(84-56)14-27-25-6-5-23-13-24(8-10-54(23,3)26(25)9-11-55(27,34)4)76-51-45(72)41(68)46(33(18-60)80-51)81-53-48(83-52-44(71)40(67)37(64)31(16-58)78-52)47(38(65)32(17-59)79-53)82-50-42(69)35(62)28(61)20-75-50/h21-53,57-73H,5-20H2,1-4H3/t21-,22-,23-,24-,25+,26-,27-,28+,29-,30+,31+,32+,33+,34-,35-,36+,37+,38+,39-,40-,41+,42+,43+,44+,45+,46-,47-,48+,49+,50-,51+,52-,53-,54-,55-,56+/m0/s1. The number of rotatable bonds is 18. The summed E-state index contributed by atoms with van der Waals surface area (Å²) in [5.41, 5.74) is -0.0852. The zero-order valence-electron chi connectivity index (χ0n) is 48.0. The van der Waals surface area contributed by atoms with Gasteiger partial charge in [-0.1, -0.05) is 27.7 Å². The summed E-state index contributed by atoms with van der Waals surface area (Å²) in [6, 6.07) is 0. The molecule has 0 bridgehead atoms. The first kappa shape index (κ1) is 65.8. The summed E-state index contributed by atoms with van der Waals surface area (Å²) < 4.78 is 65.9. The lowest BCUT2D eigenvalue weighted by molar-refractivity contribution is -0.404. The molecule has 36 atom stereocenters. The van der Waals surface area contributed by atoms with Crippen LogP contribution in [0.2, 0.25) is 0 Å². The molecular formula is C56H94O28. The van der Waals surface area contributed by atoms with Crippen LogP contribution in [0, 0.1) is 52.3 Å². The fraction of sp³-hybridized carbons (Fsp3) is 1.00. The molecule has 0 aromatic carbocycles. The molecule has 0 aromatic rings. The van der Waals surface area contributed by atoms with E-state index in [4.69, 9.17) is 52.1 Å². The molecule has 0 unspecified atom stereocenters. The van der Waals surface area contributed by atoms with Gasteiger partial charge >= 0.3 is 0 Å². The number of hydrogen-bond acceptors (Lipinski definition) is 28. The minimum Gasteiger partial charge on any atom is -0.394 e. The van der Waals surface area contributed by atoms with E-state index in [0.29, 0.717) is 43.4 Å². The molecule has 4 aliphatic carbocycles. The van der Waals surface area contributed by atoms with Crippen molar-refractivity contribution < 1.29 is 139 Å². The highest BCUT2D eigenvalue weighted by atomic mass is 16.8. The summed E-state index contributed by atoms with van der Waals surface area (Å²) in [7, 11) is 0. The molecule has 0 radical (unpaired) electrons. The van der Waals surface area contributed by atoms with E-state index in [9.17, 15) is 86.8 Å². The zero-order chi connectivity index (χ0) is 60.6. The molecule has 0 spiro atoms. The number of aliphatic hydroxyl groups excluding tert-OH is 16. The summed E-state index contributed by atoms with van der Waals surface area (Å²) in [4.78, 5) is 0. The first-order valence-electron chi connectivity index (χ1n) is 30.3. The van der Waals surface area contributed by atoms with Crippen LogP contribution in [0.15, 0.2) is 0 Å². The Hall–Kier alpha value is -1.12. The lowest BCUT2D eigenvalue weighted by Crippen LogP contribution is -2.68. The van der Waals surface area contributed by atoms with Crippen molar-refractivity contribution >= 4 is 0 Å². The fourth-order valence-electron chi connectivity index (χ4n) is 16.8. The molecule has 0 aromatic heterocycles. The Morgan fingerprint density at radius 2 is 1.06 bits per heavy atom. The minimum atomic E-state index is -2.02. The second kappa shape index (κ2) is 26.2. The lowest BCUT2D eigenvalue weighted by atomic mass is 9.44. The zero-order valence-corrected chi connectivity index (χ0v) is 48.0. The van der Waals surface area contributed by atoms with Crippen LogP contribution in [0.3, 0.4) is 0 Å². The summed E-state index contributed by atoms with van der Waals surface area (Å²) in [6.07, 6.45) is -33.1. The minimum absolute atomic E-state index is 0.0288. The monoisotopic (exact) mass is 1210 g/mol. The van der Waals surface area contributed by atoms with Gasteiger partial charge in [0.15, 0.2) is 37.2 Å². The average Bonchev–Trinajstić information content (AvgIpc) is 2.08. The van der Waals surface area contributed by atoms with E-state index in [1.54, 1.807) is 0 Å². The number of aliphatic hydroxyl groups is 17. The molecule has 0 amide bonds. The van der Waals surface area contributed by atoms with Gasteiger partial charge in [0.25, 0.3) is 0 Å². The average molecular weight is 1220 g/mol. The number of ether oxygens (including phenoxy) is 11. The van der Waals surface area contributed by atoms with Gasteiger partial charge in [0, 0.05) is 12.3 Å². The maximum absolute atomic E-state index is 12.1. The third-order valence-corrected chi connectivity index (χ3v) is 21.8. The molecule has 84 heavy (non-hydrogen) atoms. The Morgan fingerprint density at radius 1 is 0.512 bits per heavy atom. The summed E-state index contributed by atoms with van der Waals surface area (Å²) >= 11 is 0. The highest BCUT2D eigenvalue weighted by Gasteiger charge is 2.69. The van der Waals surface area contributed by atoms with Gasteiger partial charge in [-0.05, 0) is 104 Å². The Kier molecular flexibility index (Phi) is 20.6. The van der Waals surface area contributed by atoms with Crippen LogP contribution in [0.5, 0.6) is 0 Å². The van der Waals surface area contributed by atoms with E-state index >= 15 is 0 Å². The van der Waals surface area contributed by atoms with Gasteiger partial charge in [0.05, 0.1) is 51.8 Å². The quantitative estimate of drug-likeness (QED) is 0.0569. The SMILES string of the molecule is C[C@@H](CC[C@@]1(O)O[C@H]2C[C@H]3[C@@H]4CC[C@H]5C[C@@H](O[C@@H]6O[C@H](CO)[C@H](O[C@@H]7O[C@H](CO)[C@@H](O)[C@H](O[C@@H]8OC[C@@H](O)[C@H](O)[C@H]8O)[C@H]7O[C@@H]7O[C@H](CO)[C@@H](O)[C@H](O)[C@H]7O)[C@H](O)[C@H]6O)CC[C@]5(C)[C@H]4CC[C@]3(C)[C@H]2[C@@H]1C)CO[C@@H]1O[C@H](CO)[C@@H](O)[C@H](O)[C@H]1O. The molecule has 10 rings (SSSR count). The van der Waals surface area contributed by atoms with Crippen molar-refractivity contribution in [2.24, 2.45) is 52.3 Å². The Balaban J connectivity index is 0.759. The van der Waals surface area contributed by atoms with Gasteiger partial charge in [0.1, 0.15) is 116 Å². The molecule has 10 aliphatic rings. The summed E-state index contributed by atoms with van der Waals surface area (Å²) in [6.45, 7) is 5.31. The molecule has 486 valence electrons. The van der Waals surface area contributed by atoms with Gasteiger partial charge in [-0.15, -0.1) is 0 Å². The largest absolute Gasteiger partial charge is 0.394 e. The number of fused-ring (bicyclic) bond motifs is 7. The second-order valence-electron chi connectivity index (χ2n) is 26.6. The van der Waals surface area contributed by atoms with Gasteiger partial charge in [-0.2, -0.15) is 0 Å². The van der Waals surface area contributed by atoms with Crippen LogP contribution in [0.4, 0.5) is 0 Å². The second-order valence-corrected chi connectivity index (χ2v) is 26.6. The van der Waals surface area contributed by atoms with Crippen molar-refractivity contribution in [1.82, 2.24) is 0 Å². The van der Waals surface area contributed by atoms with Crippen molar-refractivity contribution in [2.45, 2.75) is 257 Å². The topological polar surface area (TPSA) is 445 Å². The van der Waals surface area contributed by atoms with E-state index in [1.807, 2.05) is 6.92 Å². The van der Waals surface area contributed by atoms with Crippen LogP contribution in [0.25, 0.3) is 0 Å². The molecule has 17 N–H and O–H groups in total. The molecule has 6 heterocycles. The summed E-state index contributed by atoms with van der Waals surface area (Å²) in [5.74, 6) is 0.0903. The van der Waals surface area contributed by atoms with Crippen molar-refractivity contribution in [1.29, 1.82) is 0 Å². The van der Waals surface area contributed by atoms with Crippen LogP contribution in [-0.2, 0) is 52.1 Å².